The molecule has 9 heteroatoms. The number of methoxy groups -OCH3 is 2. The van der Waals surface area contributed by atoms with Crippen LogP contribution < -0.4 is 25.4 Å². The molecular formula is C19H22N6O3. The molecule has 0 aliphatic carbocycles. The molecule has 1 aromatic carbocycles. The van der Waals surface area contributed by atoms with Crippen molar-refractivity contribution in [1.82, 2.24) is 20.1 Å². The molecule has 0 saturated carbocycles. The number of aromatic nitrogens is 3. The molecule has 0 fully saturated rings. The molecule has 0 aliphatic rings. The van der Waals surface area contributed by atoms with Gasteiger partial charge in [0.05, 0.1) is 14.2 Å². The maximum Gasteiger partial charge on any atom is 0.319 e. The number of rotatable bonds is 8. The standard InChI is InChI=1S/C19H22N6O3/c1-27-15-11-14(12-16(13-15)28-2)22-19(26)21-8-7-20-17-5-6-18(24-23-17)25-9-3-4-10-25/h3-6,9-13H,7-8H2,1-2H3,(H,20,23)(H2,21,22,26). The molecule has 0 aliphatic heterocycles. The van der Waals surface area contributed by atoms with Crippen LogP contribution in [0.2, 0.25) is 0 Å². The predicted molar refractivity (Wildman–Crippen MR) is 106 cm³/mol. The van der Waals surface area contributed by atoms with Gasteiger partial charge in [-0.15, -0.1) is 10.2 Å². The Morgan fingerprint density at radius 1 is 1.00 bits per heavy atom. The largest absolute Gasteiger partial charge is 0.497 e. The van der Waals surface area contributed by atoms with Gasteiger partial charge in [-0.3, -0.25) is 0 Å². The zero-order valence-electron chi connectivity index (χ0n) is 15.7. The molecular weight excluding hydrogens is 360 g/mol. The molecule has 3 rings (SSSR count). The van der Waals surface area contributed by atoms with E-state index in [-0.39, 0.29) is 6.03 Å². The number of anilines is 2. The van der Waals surface area contributed by atoms with Gasteiger partial charge in [0, 0.05) is 49.4 Å². The lowest BCUT2D eigenvalue weighted by Crippen LogP contribution is -2.32. The zero-order valence-corrected chi connectivity index (χ0v) is 15.7. The predicted octanol–water partition coefficient (Wildman–Crippen LogP) is 2.52. The third kappa shape index (κ3) is 5.13. The average molecular weight is 382 g/mol. The Morgan fingerprint density at radius 2 is 1.71 bits per heavy atom. The van der Waals surface area contributed by atoms with Crippen molar-refractivity contribution in [3.63, 3.8) is 0 Å². The number of carbonyl (C=O) groups excluding carboxylic acids is 1. The summed E-state index contributed by atoms with van der Waals surface area (Å²) in [7, 11) is 3.11. The van der Waals surface area contributed by atoms with Crippen LogP contribution in [-0.4, -0.2) is 48.1 Å². The summed E-state index contributed by atoms with van der Waals surface area (Å²) in [5.74, 6) is 2.56. The number of nitrogens with zero attached hydrogens (tertiary/aromatic N) is 3. The van der Waals surface area contributed by atoms with E-state index in [1.165, 1.54) is 0 Å². The highest BCUT2D eigenvalue weighted by molar-refractivity contribution is 5.89. The first kappa shape index (κ1) is 19.0. The topological polar surface area (TPSA) is 102 Å². The van der Waals surface area contributed by atoms with Gasteiger partial charge in [-0.2, -0.15) is 0 Å². The SMILES string of the molecule is COc1cc(NC(=O)NCCNc2ccc(-n3cccc3)nn2)cc(OC)c1. The molecule has 146 valence electrons. The summed E-state index contributed by atoms with van der Waals surface area (Å²) in [6, 6.07) is 12.4. The van der Waals surface area contributed by atoms with Crippen LogP contribution in [0.15, 0.2) is 54.9 Å². The number of amides is 2. The number of ether oxygens (including phenoxy) is 2. The number of hydrogen-bond donors (Lipinski definition) is 3. The monoisotopic (exact) mass is 382 g/mol. The Labute approximate surface area is 162 Å². The van der Waals surface area contributed by atoms with Gasteiger partial charge in [-0.05, 0) is 24.3 Å². The van der Waals surface area contributed by atoms with Crippen molar-refractivity contribution >= 4 is 17.5 Å². The quantitative estimate of drug-likeness (QED) is 0.518. The van der Waals surface area contributed by atoms with E-state index in [0.29, 0.717) is 36.1 Å². The fourth-order valence-corrected chi connectivity index (χ4v) is 2.47. The van der Waals surface area contributed by atoms with Crippen molar-refractivity contribution in [2.45, 2.75) is 0 Å². The maximum absolute atomic E-state index is 12.0. The second-order valence-electron chi connectivity index (χ2n) is 5.78. The normalized spacial score (nSPS) is 10.2. The fraction of sp³-hybridized carbons (Fsp3) is 0.211. The molecule has 2 amide bonds. The fourth-order valence-electron chi connectivity index (χ4n) is 2.47. The Bertz CT molecular complexity index is 874. The van der Waals surface area contributed by atoms with E-state index in [1.807, 2.05) is 41.2 Å². The first-order valence-corrected chi connectivity index (χ1v) is 8.67. The van der Waals surface area contributed by atoms with Gasteiger partial charge in [-0.1, -0.05) is 0 Å². The van der Waals surface area contributed by atoms with Crippen molar-refractivity contribution in [2.24, 2.45) is 0 Å². The van der Waals surface area contributed by atoms with Crippen LogP contribution in [0.5, 0.6) is 11.5 Å². The highest BCUT2D eigenvalue weighted by Gasteiger charge is 2.06. The second kappa shape index (κ2) is 9.26. The maximum atomic E-state index is 12.0. The summed E-state index contributed by atoms with van der Waals surface area (Å²) >= 11 is 0. The van der Waals surface area contributed by atoms with Gasteiger partial charge in [0.25, 0.3) is 0 Å². The van der Waals surface area contributed by atoms with E-state index >= 15 is 0 Å². The minimum atomic E-state index is -0.328. The van der Waals surface area contributed by atoms with Crippen molar-refractivity contribution < 1.29 is 14.3 Å². The molecule has 3 N–H and O–H groups in total. The van der Waals surface area contributed by atoms with Crippen LogP contribution in [0.25, 0.3) is 5.82 Å². The molecule has 0 radical (unpaired) electrons. The molecule has 3 aromatic rings. The molecule has 2 aromatic heterocycles. The summed E-state index contributed by atoms with van der Waals surface area (Å²) in [5.41, 5.74) is 0.577. The second-order valence-corrected chi connectivity index (χ2v) is 5.78. The van der Waals surface area contributed by atoms with Crippen molar-refractivity contribution in [3.8, 4) is 17.3 Å². The summed E-state index contributed by atoms with van der Waals surface area (Å²) in [6.45, 7) is 0.917. The third-order valence-electron chi connectivity index (χ3n) is 3.85. The van der Waals surface area contributed by atoms with Crippen LogP contribution in [0.4, 0.5) is 16.3 Å². The number of carbonyl (C=O) groups is 1. The lowest BCUT2D eigenvalue weighted by molar-refractivity contribution is 0.252. The summed E-state index contributed by atoms with van der Waals surface area (Å²) < 4.78 is 12.2. The lowest BCUT2D eigenvalue weighted by Gasteiger charge is -2.11. The third-order valence-corrected chi connectivity index (χ3v) is 3.85. The Hall–Kier alpha value is -3.75. The highest BCUT2D eigenvalue weighted by Crippen LogP contribution is 2.25. The lowest BCUT2D eigenvalue weighted by atomic mass is 10.3. The van der Waals surface area contributed by atoms with E-state index in [4.69, 9.17) is 9.47 Å². The van der Waals surface area contributed by atoms with E-state index in [9.17, 15) is 4.79 Å². The van der Waals surface area contributed by atoms with Crippen molar-refractivity contribution in [2.75, 3.05) is 37.9 Å². The Morgan fingerprint density at radius 3 is 2.32 bits per heavy atom. The van der Waals surface area contributed by atoms with Gasteiger partial charge in [0.15, 0.2) is 5.82 Å². The summed E-state index contributed by atoms with van der Waals surface area (Å²) in [5, 5.41) is 16.9. The van der Waals surface area contributed by atoms with Crippen molar-refractivity contribution in [3.05, 3.63) is 54.9 Å². The van der Waals surface area contributed by atoms with Crippen LogP contribution in [0.1, 0.15) is 0 Å². The summed E-state index contributed by atoms with van der Waals surface area (Å²) in [4.78, 5) is 12.0. The first-order chi connectivity index (χ1) is 13.7. The molecule has 0 saturated heterocycles. The van der Waals surface area contributed by atoms with Crippen LogP contribution in [0, 0.1) is 0 Å². The minimum absolute atomic E-state index is 0.328. The van der Waals surface area contributed by atoms with E-state index < -0.39 is 0 Å². The number of urea groups is 1. The minimum Gasteiger partial charge on any atom is -0.497 e. The van der Waals surface area contributed by atoms with E-state index in [2.05, 4.69) is 26.1 Å². The molecule has 0 spiro atoms. The zero-order chi connectivity index (χ0) is 19.8. The molecule has 2 heterocycles. The molecule has 9 nitrogen and oxygen atoms in total. The number of hydrogen-bond acceptors (Lipinski definition) is 6. The number of nitrogens with one attached hydrogen (secondary N) is 3. The summed E-state index contributed by atoms with van der Waals surface area (Å²) in [6.07, 6.45) is 3.80. The van der Waals surface area contributed by atoms with Gasteiger partial charge in [0.2, 0.25) is 0 Å². The number of benzene rings is 1. The highest BCUT2D eigenvalue weighted by atomic mass is 16.5. The van der Waals surface area contributed by atoms with Gasteiger partial charge in [-0.25, -0.2) is 4.79 Å². The van der Waals surface area contributed by atoms with Crippen LogP contribution in [0.3, 0.4) is 0 Å². The van der Waals surface area contributed by atoms with Crippen molar-refractivity contribution in [1.29, 1.82) is 0 Å². The van der Waals surface area contributed by atoms with E-state index in [1.54, 1.807) is 32.4 Å². The Balaban J connectivity index is 1.43. The van der Waals surface area contributed by atoms with E-state index in [0.717, 1.165) is 5.82 Å². The van der Waals surface area contributed by atoms with Crippen LogP contribution >= 0.6 is 0 Å². The first-order valence-electron chi connectivity index (χ1n) is 8.67. The van der Waals surface area contributed by atoms with Gasteiger partial charge >= 0.3 is 6.03 Å². The van der Waals surface area contributed by atoms with Gasteiger partial charge < -0.3 is 30.0 Å². The average Bonchev–Trinajstić information content (AvgIpc) is 3.26. The molecule has 0 unspecified atom stereocenters. The Kier molecular flexibility index (Phi) is 6.29. The molecule has 28 heavy (non-hydrogen) atoms. The van der Waals surface area contributed by atoms with Crippen LogP contribution in [-0.2, 0) is 0 Å². The molecule has 0 bridgehead atoms. The molecule has 0 atom stereocenters. The van der Waals surface area contributed by atoms with Gasteiger partial charge in [0.1, 0.15) is 17.3 Å². The smallest absolute Gasteiger partial charge is 0.319 e.